The average Bonchev–Trinajstić information content (AvgIpc) is 2.93. The maximum Gasteiger partial charge on any atom is 0.260 e. The van der Waals surface area contributed by atoms with Gasteiger partial charge in [-0.2, -0.15) is 4.31 Å². The highest BCUT2D eigenvalue weighted by atomic mass is 32.2. The summed E-state index contributed by atoms with van der Waals surface area (Å²) >= 11 is 0. The largest absolute Gasteiger partial charge is 0.316 e. The molecule has 1 aromatic rings. The van der Waals surface area contributed by atoms with Crippen LogP contribution in [0.3, 0.4) is 0 Å². The molecule has 0 aromatic carbocycles. The average molecular weight is 309 g/mol. The molecule has 1 aromatic heterocycles. The van der Waals surface area contributed by atoms with Crippen LogP contribution in [0.4, 0.5) is 0 Å². The standard InChI is InChI=1S/C15H23N3O2S/c1-16-10-12-6-7-15(17-11-12)21(19,20)18-9-8-13-4-2-3-5-14(13)18/h6-7,11,13-14,16H,2-5,8-10H2,1H3. The fraction of sp³-hybridized carbons (Fsp3) is 0.667. The fourth-order valence-electron chi connectivity index (χ4n) is 3.65. The van der Waals surface area contributed by atoms with E-state index in [2.05, 4.69) is 10.3 Å². The lowest BCUT2D eigenvalue weighted by atomic mass is 9.86. The van der Waals surface area contributed by atoms with Gasteiger partial charge in [-0.15, -0.1) is 0 Å². The van der Waals surface area contributed by atoms with Gasteiger partial charge >= 0.3 is 0 Å². The van der Waals surface area contributed by atoms with E-state index < -0.39 is 10.0 Å². The molecule has 0 amide bonds. The van der Waals surface area contributed by atoms with Gasteiger partial charge in [0.25, 0.3) is 10.0 Å². The van der Waals surface area contributed by atoms with E-state index in [1.54, 1.807) is 16.6 Å². The maximum absolute atomic E-state index is 12.8. The molecule has 1 saturated heterocycles. The third kappa shape index (κ3) is 2.84. The number of hydrogen-bond donors (Lipinski definition) is 1. The van der Waals surface area contributed by atoms with Crippen LogP contribution in [0.25, 0.3) is 0 Å². The van der Waals surface area contributed by atoms with Crippen LogP contribution in [-0.4, -0.2) is 37.3 Å². The lowest BCUT2D eigenvalue weighted by molar-refractivity contribution is 0.260. The van der Waals surface area contributed by atoms with Crippen LogP contribution < -0.4 is 5.32 Å². The molecule has 1 aliphatic heterocycles. The Morgan fingerprint density at radius 1 is 1.29 bits per heavy atom. The number of nitrogens with one attached hydrogen (secondary N) is 1. The van der Waals surface area contributed by atoms with E-state index in [1.807, 2.05) is 13.1 Å². The van der Waals surface area contributed by atoms with Gasteiger partial charge in [0.15, 0.2) is 5.03 Å². The van der Waals surface area contributed by atoms with Crippen LogP contribution in [0.2, 0.25) is 0 Å². The number of sulfonamides is 1. The molecule has 1 N–H and O–H groups in total. The summed E-state index contributed by atoms with van der Waals surface area (Å²) in [7, 11) is -1.58. The molecule has 21 heavy (non-hydrogen) atoms. The minimum atomic E-state index is -3.44. The van der Waals surface area contributed by atoms with Crippen LogP contribution in [-0.2, 0) is 16.6 Å². The number of hydrogen-bond acceptors (Lipinski definition) is 4. The van der Waals surface area contributed by atoms with Gasteiger partial charge < -0.3 is 5.32 Å². The SMILES string of the molecule is CNCc1ccc(S(=O)(=O)N2CCC3CCCCC32)nc1. The molecule has 2 atom stereocenters. The third-order valence-electron chi connectivity index (χ3n) is 4.71. The van der Waals surface area contributed by atoms with Crippen LogP contribution in [0, 0.1) is 5.92 Å². The number of pyridine rings is 1. The normalized spacial score (nSPS) is 26.7. The number of fused-ring (bicyclic) bond motifs is 1. The Hall–Kier alpha value is -0.980. The summed E-state index contributed by atoms with van der Waals surface area (Å²) in [5.74, 6) is 0.553. The molecule has 2 fully saturated rings. The second-order valence-electron chi connectivity index (χ2n) is 6.05. The monoisotopic (exact) mass is 309 g/mol. The highest BCUT2D eigenvalue weighted by Crippen LogP contribution is 2.38. The first kappa shape index (κ1) is 14.9. The molecule has 0 spiro atoms. The van der Waals surface area contributed by atoms with E-state index in [9.17, 15) is 8.42 Å². The first-order valence-electron chi connectivity index (χ1n) is 7.74. The summed E-state index contributed by atoms with van der Waals surface area (Å²) in [6, 6.07) is 3.67. The van der Waals surface area contributed by atoms with Gasteiger partial charge in [-0.05, 0) is 43.9 Å². The van der Waals surface area contributed by atoms with Crippen molar-refractivity contribution >= 4 is 10.0 Å². The van der Waals surface area contributed by atoms with Crippen molar-refractivity contribution in [3.63, 3.8) is 0 Å². The van der Waals surface area contributed by atoms with Crippen molar-refractivity contribution in [3.05, 3.63) is 23.9 Å². The van der Waals surface area contributed by atoms with Crippen molar-refractivity contribution < 1.29 is 8.42 Å². The first-order valence-corrected chi connectivity index (χ1v) is 9.18. The Morgan fingerprint density at radius 2 is 2.10 bits per heavy atom. The second kappa shape index (κ2) is 6.02. The topological polar surface area (TPSA) is 62.3 Å². The molecule has 116 valence electrons. The van der Waals surface area contributed by atoms with Crippen LogP contribution >= 0.6 is 0 Å². The van der Waals surface area contributed by atoms with Crippen molar-refractivity contribution in [2.45, 2.75) is 49.7 Å². The molecule has 0 bridgehead atoms. The summed E-state index contributed by atoms with van der Waals surface area (Å²) in [6.45, 7) is 1.35. The minimum absolute atomic E-state index is 0.188. The molecule has 1 aliphatic carbocycles. The lowest BCUT2D eigenvalue weighted by Crippen LogP contribution is -2.39. The van der Waals surface area contributed by atoms with E-state index in [4.69, 9.17) is 0 Å². The van der Waals surface area contributed by atoms with E-state index in [0.717, 1.165) is 24.8 Å². The van der Waals surface area contributed by atoms with Crippen LogP contribution in [0.5, 0.6) is 0 Å². The Kier molecular flexibility index (Phi) is 4.28. The molecule has 2 heterocycles. The molecule has 5 nitrogen and oxygen atoms in total. The number of nitrogens with zero attached hydrogens (tertiary/aromatic N) is 2. The van der Waals surface area contributed by atoms with Crippen LogP contribution in [0.1, 0.15) is 37.7 Å². The second-order valence-corrected chi connectivity index (χ2v) is 7.89. The van der Waals surface area contributed by atoms with Crippen molar-refractivity contribution in [1.29, 1.82) is 0 Å². The quantitative estimate of drug-likeness (QED) is 0.920. The molecule has 3 rings (SSSR count). The molecular formula is C15H23N3O2S. The van der Waals surface area contributed by atoms with E-state index in [0.29, 0.717) is 19.0 Å². The molecular weight excluding hydrogens is 286 g/mol. The summed E-state index contributed by atoms with van der Waals surface area (Å²) in [5.41, 5.74) is 0.994. The third-order valence-corrected chi connectivity index (χ3v) is 6.55. The Morgan fingerprint density at radius 3 is 2.81 bits per heavy atom. The zero-order valence-electron chi connectivity index (χ0n) is 12.5. The van der Waals surface area contributed by atoms with Gasteiger partial charge in [0.1, 0.15) is 0 Å². The van der Waals surface area contributed by atoms with E-state index in [1.165, 1.54) is 12.8 Å². The zero-order valence-corrected chi connectivity index (χ0v) is 13.3. The smallest absolute Gasteiger partial charge is 0.260 e. The number of aromatic nitrogens is 1. The zero-order chi connectivity index (χ0) is 14.9. The van der Waals surface area contributed by atoms with Gasteiger partial charge in [0, 0.05) is 25.3 Å². The molecule has 2 aliphatic rings. The van der Waals surface area contributed by atoms with Crippen molar-refractivity contribution in [1.82, 2.24) is 14.6 Å². The fourth-order valence-corrected chi connectivity index (χ4v) is 5.30. The molecule has 2 unspecified atom stereocenters. The summed E-state index contributed by atoms with van der Waals surface area (Å²) in [5, 5.41) is 3.22. The summed E-state index contributed by atoms with van der Waals surface area (Å²) in [4.78, 5) is 4.18. The molecule has 6 heteroatoms. The Bertz CT molecular complexity index is 585. The predicted octanol–water partition coefficient (Wildman–Crippen LogP) is 1.75. The maximum atomic E-state index is 12.8. The van der Waals surface area contributed by atoms with Gasteiger partial charge in [0.05, 0.1) is 0 Å². The summed E-state index contributed by atoms with van der Waals surface area (Å²) < 4.78 is 27.3. The predicted molar refractivity (Wildman–Crippen MR) is 81.3 cm³/mol. The van der Waals surface area contributed by atoms with Crippen molar-refractivity contribution in [2.24, 2.45) is 5.92 Å². The van der Waals surface area contributed by atoms with Gasteiger partial charge in [-0.25, -0.2) is 13.4 Å². The van der Waals surface area contributed by atoms with Crippen molar-refractivity contribution in [3.8, 4) is 0 Å². The van der Waals surface area contributed by atoms with Gasteiger partial charge in [-0.1, -0.05) is 18.9 Å². The van der Waals surface area contributed by atoms with Crippen LogP contribution in [0.15, 0.2) is 23.4 Å². The Balaban J connectivity index is 1.83. The first-order chi connectivity index (χ1) is 10.1. The Labute approximate surface area is 126 Å². The molecule has 0 radical (unpaired) electrons. The van der Waals surface area contributed by atoms with E-state index in [-0.39, 0.29) is 11.1 Å². The highest BCUT2D eigenvalue weighted by molar-refractivity contribution is 7.89. The highest BCUT2D eigenvalue weighted by Gasteiger charge is 2.42. The van der Waals surface area contributed by atoms with Gasteiger partial charge in [0.2, 0.25) is 0 Å². The van der Waals surface area contributed by atoms with Gasteiger partial charge in [-0.3, -0.25) is 0 Å². The lowest BCUT2D eigenvalue weighted by Gasteiger charge is -2.30. The molecule has 1 saturated carbocycles. The number of rotatable bonds is 4. The van der Waals surface area contributed by atoms with Crippen molar-refractivity contribution in [2.75, 3.05) is 13.6 Å². The minimum Gasteiger partial charge on any atom is -0.316 e. The van der Waals surface area contributed by atoms with E-state index >= 15 is 0 Å². The summed E-state index contributed by atoms with van der Waals surface area (Å²) in [6.07, 6.45) is 7.21.